The first-order chi connectivity index (χ1) is 10.6. The van der Waals surface area contributed by atoms with E-state index < -0.39 is 5.97 Å². The standard InChI is InChI=1S/C16H15N3O3/c1-3-4-8-22-15-13(9-12(10-17)16(20)21)19-7-5-6-11(2)14(19)18-15/h3,5-7,9H,1,4,8H2,2H3,(H,20,21). The molecule has 0 radical (unpaired) electrons. The molecule has 0 aliphatic carbocycles. The Kier molecular flexibility index (Phi) is 4.59. The normalized spacial score (nSPS) is 11.2. The second kappa shape index (κ2) is 6.59. The molecule has 0 spiro atoms. The Morgan fingerprint density at radius 2 is 2.41 bits per heavy atom. The SMILES string of the molecule is C=CCCOc1nc2c(C)cccn2c1C=C(C#N)C(=O)O. The van der Waals surface area contributed by atoms with Crippen molar-refractivity contribution in [2.24, 2.45) is 0 Å². The van der Waals surface area contributed by atoms with E-state index >= 15 is 0 Å². The fourth-order valence-corrected chi connectivity index (χ4v) is 1.96. The minimum absolute atomic E-state index is 0.296. The number of pyridine rings is 1. The van der Waals surface area contributed by atoms with Crippen LogP contribution >= 0.6 is 0 Å². The van der Waals surface area contributed by atoms with E-state index in [4.69, 9.17) is 15.1 Å². The molecule has 1 N–H and O–H groups in total. The molecular formula is C16H15N3O3. The van der Waals surface area contributed by atoms with Crippen LogP contribution in [0.25, 0.3) is 11.7 Å². The minimum atomic E-state index is -1.29. The van der Waals surface area contributed by atoms with Crippen LogP contribution in [0.2, 0.25) is 0 Å². The molecule has 2 aromatic rings. The summed E-state index contributed by atoms with van der Waals surface area (Å²) in [4.78, 5) is 15.4. The third-order valence-corrected chi connectivity index (χ3v) is 3.04. The van der Waals surface area contributed by atoms with Crippen molar-refractivity contribution >= 4 is 17.7 Å². The highest BCUT2D eigenvalue weighted by molar-refractivity contribution is 5.96. The molecule has 2 rings (SSSR count). The van der Waals surface area contributed by atoms with Gasteiger partial charge in [0.1, 0.15) is 23.0 Å². The van der Waals surface area contributed by atoms with Crippen LogP contribution in [0, 0.1) is 18.3 Å². The number of fused-ring (bicyclic) bond motifs is 1. The van der Waals surface area contributed by atoms with E-state index in [0.717, 1.165) is 5.56 Å². The molecule has 2 aromatic heterocycles. The molecule has 0 aromatic carbocycles. The Balaban J connectivity index is 2.60. The molecule has 0 saturated heterocycles. The highest BCUT2D eigenvalue weighted by atomic mass is 16.5. The van der Waals surface area contributed by atoms with Gasteiger partial charge in [-0.3, -0.25) is 4.40 Å². The number of hydrogen-bond donors (Lipinski definition) is 1. The number of imidazole rings is 1. The highest BCUT2D eigenvalue weighted by Gasteiger charge is 2.16. The lowest BCUT2D eigenvalue weighted by atomic mass is 10.2. The van der Waals surface area contributed by atoms with Crippen LogP contribution in [0.4, 0.5) is 0 Å². The summed E-state index contributed by atoms with van der Waals surface area (Å²) in [6, 6.07) is 5.38. The molecule has 0 aliphatic rings. The quantitative estimate of drug-likeness (QED) is 0.383. The summed E-state index contributed by atoms with van der Waals surface area (Å²) in [6.45, 7) is 5.89. The van der Waals surface area contributed by atoms with E-state index in [1.165, 1.54) is 6.08 Å². The number of nitriles is 1. The Labute approximate surface area is 127 Å². The van der Waals surface area contributed by atoms with Crippen LogP contribution < -0.4 is 4.74 Å². The molecule has 0 aliphatic heterocycles. The number of aliphatic carboxylic acids is 1. The van der Waals surface area contributed by atoms with E-state index in [9.17, 15) is 4.79 Å². The highest BCUT2D eigenvalue weighted by Crippen LogP contribution is 2.24. The molecule has 22 heavy (non-hydrogen) atoms. The number of aryl methyl sites for hydroxylation is 1. The van der Waals surface area contributed by atoms with Gasteiger partial charge in [-0.25, -0.2) is 4.79 Å². The van der Waals surface area contributed by atoms with Gasteiger partial charge in [-0.2, -0.15) is 10.2 Å². The Hall–Kier alpha value is -3.07. The van der Waals surface area contributed by atoms with Crippen molar-refractivity contribution in [1.82, 2.24) is 9.38 Å². The van der Waals surface area contributed by atoms with Crippen molar-refractivity contribution in [1.29, 1.82) is 5.26 Å². The summed E-state index contributed by atoms with van der Waals surface area (Å²) >= 11 is 0. The van der Waals surface area contributed by atoms with Gasteiger partial charge in [0.05, 0.1) is 6.61 Å². The zero-order valence-corrected chi connectivity index (χ0v) is 12.1. The molecule has 0 fully saturated rings. The van der Waals surface area contributed by atoms with E-state index in [-0.39, 0.29) is 5.57 Å². The average Bonchev–Trinajstić information content (AvgIpc) is 2.84. The second-order valence-corrected chi connectivity index (χ2v) is 4.59. The maximum absolute atomic E-state index is 11.1. The molecule has 0 saturated carbocycles. The smallest absolute Gasteiger partial charge is 0.346 e. The fraction of sp³-hybridized carbons (Fsp3) is 0.188. The first kappa shape index (κ1) is 15.3. The minimum Gasteiger partial charge on any atom is -0.477 e. The van der Waals surface area contributed by atoms with Crippen LogP contribution in [0.5, 0.6) is 5.88 Å². The predicted octanol–water partition coefficient (Wildman–Crippen LogP) is 2.59. The fourth-order valence-electron chi connectivity index (χ4n) is 1.96. The maximum Gasteiger partial charge on any atom is 0.346 e. The van der Waals surface area contributed by atoms with Crippen molar-refractivity contribution in [3.8, 4) is 11.9 Å². The largest absolute Gasteiger partial charge is 0.477 e. The predicted molar refractivity (Wildman–Crippen MR) is 81.5 cm³/mol. The molecule has 0 atom stereocenters. The number of hydrogen-bond acceptors (Lipinski definition) is 4. The lowest BCUT2D eigenvalue weighted by molar-refractivity contribution is -0.132. The Morgan fingerprint density at radius 1 is 1.64 bits per heavy atom. The summed E-state index contributed by atoms with van der Waals surface area (Å²) in [6.07, 6.45) is 5.37. The molecule has 6 heteroatoms. The number of ether oxygens (including phenoxy) is 1. The summed E-state index contributed by atoms with van der Waals surface area (Å²) < 4.78 is 7.30. The van der Waals surface area contributed by atoms with Gasteiger partial charge in [0.25, 0.3) is 0 Å². The van der Waals surface area contributed by atoms with E-state index in [2.05, 4.69) is 11.6 Å². The van der Waals surface area contributed by atoms with E-state index in [1.54, 1.807) is 22.7 Å². The second-order valence-electron chi connectivity index (χ2n) is 4.59. The van der Waals surface area contributed by atoms with Crippen LogP contribution in [0.15, 0.2) is 36.6 Å². The molecule has 0 unspecified atom stereocenters. The van der Waals surface area contributed by atoms with Gasteiger partial charge < -0.3 is 9.84 Å². The summed E-state index contributed by atoms with van der Waals surface area (Å²) in [5.41, 5.74) is 1.63. The average molecular weight is 297 g/mol. The van der Waals surface area contributed by atoms with Crippen molar-refractivity contribution in [2.75, 3.05) is 6.61 Å². The third-order valence-electron chi connectivity index (χ3n) is 3.04. The zero-order chi connectivity index (χ0) is 16.1. The number of carboxylic acid groups (broad SMARTS) is 1. The summed E-state index contributed by atoms with van der Waals surface area (Å²) in [5, 5.41) is 18.0. The molecular weight excluding hydrogens is 282 g/mol. The van der Waals surface area contributed by atoms with Crippen LogP contribution in [-0.4, -0.2) is 27.1 Å². The van der Waals surface area contributed by atoms with Crippen LogP contribution in [0.3, 0.4) is 0 Å². The Morgan fingerprint density at radius 3 is 3.05 bits per heavy atom. The van der Waals surface area contributed by atoms with Crippen molar-refractivity contribution in [3.63, 3.8) is 0 Å². The molecule has 112 valence electrons. The van der Waals surface area contributed by atoms with Gasteiger partial charge >= 0.3 is 5.97 Å². The molecule has 0 bridgehead atoms. The zero-order valence-electron chi connectivity index (χ0n) is 12.1. The van der Waals surface area contributed by atoms with Gasteiger partial charge in [-0.05, 0) is 31.1 Å². The van der Waals surface area contributed by atoms with Gasteiger partial charge in [0.2, 0.25) is 5.88 Å². The van der Waals surface area contributed by atoms with E-state index in [0.29, 0.717) is 30.2 Å². The third kappa shape index (κ3) is 2.99. The first-order valence-electron chi connectivity index (χ1n) is 6.65. The lowest BCUT2D eigenvalue weighted by Gasteiger charge is -2.03. The van der Waals surface area contributed by atoms with Crippen molar-refractivity contribution < 1.29 is 14.6 Å². The van der Waals surface area contributed by atoms with Crippen LogP contribution in [-0.2, 0) is 4.79 Å². The van der Waals surface area contributed by atoms with Gasteiger partial charge in [-0.1, -0.05) is 12.1 Å². The number of carboxylic acids is 1. The van der Waals surface area contributed by atoms with E-state index in [1.807, 2.05) is 19.1 Å². The lowest BCUT2D eigenvalue weighted by Crippen LogP contribution is -2.01. The maximum atomic E-state index is 11.1. The topological polar surface area (TPSA) is 87.6 Å². The summed E-state index contributed by atoms with van der Waals surface area (Å²) in [7, 11) is 0. The number of nitrogens with zero attached hydrogens (tertiary/aromatic N) is 3. The number of aromatic nitrogens is 2. The van der Waals surface area contributed by atoms with Gasteiger partial charge in [-0.15, -0.1) is 6.58 Å². The monoisotopic (exact) mass is 297 g/mol. The molecule has 0 amide bonds. The van der Waals surface area contributed by atoms with Gasteiger partial charge in [0.15, 0.2) is 0 Å². The first-order valence-corrected chi connectivity index (χ1v) is 6.65. The number of rotatable bonds is 6. The van der Waals surface area contributed by atoms with Crippen molar-refractivity contribution in [2.45, 2.75) is 13.3 Å². The molecule has 2 heterocycles. The van der Waals surface area contributed by atoms with Crippen molar-refractivity contribution in [3.05, 3.63) is 47.8 Å². The Bertz CT molecular complexity index is 797. The number of carbonyl (C=O) groups is 1. The molecule has 6 nitrogen and oxygen atoms in total. The van der Waals surface area contributed by atoms with Gasteiger partial charge in [0, 0.05) is 6.20 Å². The van der Waals surface area contributed by atoms with Crippen LogP contribution in [0.1, 0.15) is 17.7 Å². The summed E-state index contributed by atoms with van der Waals surface area (Å²) in [5.74, 6) is -0.993.